The molecule has 3 aromatic rings. The van der Waals surface area contributed by atoms with Crippen molar-refractivity contribution in [1.82, 2.24) is 0 Å². The van der Waals surface area contributed by atoms with Crippen LogP contribution in [0.25, 0.3) is 16.5 Å². The summed E-state index contributed by atoms with van der Waals surface area (Å²) in [5.41, 5.74) is 8.84. The Bertz CT molecular complexity index is 1080. The molecule has 0 bridgehead atoms. The van der Waals surface area contributed by atoms with E-state index in [1.807, 2.05) is 42.6 Å². The lowest BCUT2D eigenvalue weighted by molar-refractivity contribution is -0.111. The Morgan fingerprint density at radius 3 is 2.76 bits per heavy atom. The number of thiophene rings is 1. The summed E-state index contributed by atoms with van der Waals surface area (Å²) in [6.45, 7) is 3.78. The zero-order valence-electron chi connectivity index (χ0n) is 16.3. The van der Waals surface area contributed by atoms with Gasteiger partial charge >= 0.3 is 0 Å². The second kappa shape index (κ2) is 9.23. The Kier molecular flexibility index (Phi) is 6.70. The zero-order chi connectivity index (χ0) is 20.9. The monoisotopic (exact) mass is 426 g/mol. The molecule has 3 N–H and O–H groups in total. The van der Waals surface area contributed by atoms with E-state index in [1.165, 1.54) is 6.08 Å². The molecule has 1 heterocycles. The van der Waals surface area contributed by atoms with Crippen molar-refractivity contribution in [2.24, 2.45) is 0 Å². The van der Waals surface area contributed by atoms with E-state index in [0.717, 1.165) is 16.0 Å². The molecule has 0 aliphatic carbocycles. The van der Waals surface area contributed by atoms with Crippen molar-refractivity contribution in [2.45, 2.75) is 6.92 Å². The van der Waals surface area contributed by atoms with Gasteiger partial charge in [-0.15, -0.1) is 11.3 Å². The molecule has 1 unspecified atom stereocenters. The van der Waals surface area contributed by atoms with Gasteiger partial charge < -0.3 is 15.6 Å². The Labute approximate surface area is 174 Å². The van der Waals surface area contributed by atoms with Crippen LogP contribution in [-0.2, 0) is 13.9 Å². The third-order valence-corrected chi connectivity index (χ3v) is 7.14. The van der Waals surface area contributed by atoms with Crippen molar-refractivity contribution < 1.29 is 13.9 Å². The van der Waals surface area contributed by atoms with E-state index < -0.39 is 7.37 Å². The number of benzene rings is 2. The molecule has 0 radical (unpaired) electrons. The lowest BCUT2D eigenvalue weighted by Crippen LogP contribution is -2.10. The molecule has 0 aliphatic rings. The van der Waals surface area contributed by atoms with Gasteiger partial charge in [-0.05, 0) is 59.8 Å². The van der Waals surface area contributed by atoms with Gasteiger partial charge in [0.1, 0.15) is 0 Å². The van der Waals surface area contributed by atoms with E-state index in [1.54, 1.807) is 48.3 Å². The second-order valence-electron chi connectivity index (χ2n) is 6.46. The van der Waals surface area contributed by atoms with Crippen molar-refractivity contribution in [3.63, 3.8) is 0 Å². The SMILES string of the molecule is CCOP(C)(=O)c1cccc(C=CC(=O)Nc2cc(-c3cccs3)ccc2N)c1. The highest BCUT2D eigenvalue weighted by Gasteiger charge is 2.18. The van der Waals surface area contributed by atoms with E-state index in [2.05, 4.69) is 5.32 Å². The van der Waals surface area contributed by atoms with Crippen LogP contribution in [0.2, 0.25) is 0 Å². The fourth-order valence-electron chi connectivity index (χ4n) is 2.81. The molecule has 1 atom stereocenters. The first kappa shape index (κ1) is 21.1. The number of amides is 1. The maximum atomic E-state index is 12.6. The van der Waals surface area contributed by atoms with Crippen molar-refractivity contribution >= 4 is 47.4 Å². The van der Waals surface area contributed by atoms with Crippen molar-refractivity contribution in [2.75, 3.05) is 24.3 Å². The van der Waals surface area contributed by atoms with Gasteiger partial charge in [0, 0.05) is 22.9 Å². The van der Waals surface area contributed by atoms with Crippen LogP contribution in [-0.4, -0.2) is 19.2 Å². The molecular weight excluding hydrogens is 403 g/mol. The minimum Gasteiger partial charge on any atom is -0.397 e. The minimum atomic E-state index is -2.86. The molecule has 0 spiro atoms. The Morgan fingerprint density at radius 1 is 1.21 bits per heavy atom. The number of hydrogen-bond acceptors (Lipinski definition) is 5. The normalized spacial score (nSPS) is 13.3. The van der Waals surface area contributed by atoms with E-state index in [4.69, 9.17) is 10.3 Å². The number of nitrogen functional groups attached to an aromatic ring is 1. The maximum absolute atomic E-state index is 12.6. The predicted molar refractivity (Wildman–Crippen MR) is 123 cm³/mol. The lowest BCUT2D eigenvalue weighted by Gasteiger charge is -2.13. The predicted octanol–water partition coefficient (Wildman–Crippen LogP) is 5.22. The molecule has 2 aromatic carbocycles. The van der Waals surface area contributed by atoms with Crippen molar-refractivity contribution in [1.29, 1.82) is 0 Å². The first-order valence-electron chi connectivity index (χ1n) is 9.14. The quantitative estimate of drug-likeness (QED) is 0.308. The Hall–Kier alpha value is -2.66. The third kappa shape index (κ3) is 5.45. The number of nitrogens with two attached hydrogens (primary N) is 1. The molecule has 7 heteroatoms. The van der Waals surface area contributed by atoms with Gasteiger partial charge in [-0.2, -0.15) is 0 Å². The second-order valence-corrected chi connectivity index (χ2v) is 9.87. The van der Waals surface area contributed by atoms with Crippen molar-refractivity contribution in [3.8, 4) is 10.4 Å². The fraction of sp³-hybridized carbons (Fsp3) is 0.136. The highest BCUT2D eigenvalue weighted by Crippen LogP contribution is 2.41. The van der Waals surface area contributed by atoms with Crippen LogP contribution in [0.5, 0.6) is 0 Å². The fourth-order valence-corrected chi connectivity index (χ4v) is 4.92. The molecule has 29 heavy (non-hydrogen) atoms. The molecular formula is C22H23N2O3PS. The molecule has 1 amide bonds. The van der Waals surface area contributed by atoms with Gasteiger partial charge in [-0.1, -0.05) is 24.3 Å². The average molecular weight is 426 g/mol. The van der Waals surface area contributed by atoms with Crippen LogP contribution >= 0.6 is 18.7 Å². The van der Waals surface area contributed by atoms with Crippen LogP contribution in [0.4, 0.5) is 11.4 Å². The summed E-state index contributed by atoms with van der Waals surface area (Å²) in [4.78, 5) is 13.5. The van der Waals surface area contributed by atoms with Crippen LogP contribution in [0.3, 0.4) is 0 Å². The van der Waals surface area contributed by atoms with Gasteiger partial charge in [0.25, 0.3) is 0 Å². The van der Waals surface area contributed by atoms with E-state index >= 15 is 0 Å². The minimum absolute atomic E-state index is 0.296. The summed E-state index contributed by atoms with van der Waals surface area (Å²) >= 11 is 1.62. The van der Waals surface area contributed by atoms with Gasteiger partial charge in [0.2, 0.25) is 13.3 Å². The van der Waals surface area contributed by atoms with Crippen LogP contribution < -0.4 is 16.4 Å². The van der Waals surface area contributed by atoms with Crippen molar-refractivity contribution in [3.05, 3.63) is 71.6 Å². The van der Waals surface area contributed by atoms with Gasteiger partial charge in [-0.25, -0.2) is 0 Å². The standard InChI is InChI=1S/C22H23N2O3PS/c1-3-27-28(2,26)18-7-4-6-16(14-18)9-12-22(25)24-20-15-17(10-11-19(20)23)21-8-5-13-29-21/h4-15H,3,23H2,1-2H3,(H,24,25). The first-order chi connectivity index (χ1) is 13.9. The molecule has 0 saturated heterocycles. The summed E-state index contributed by atoms with van der Waals surface area (Å²) in [5.74, 6) is -0.296. The summed E-state index contributed by atoms with van der Waals surface area (Å²) < 4.78 is 17.9. The highest BCUT2D eigenvalue weighted by molar-refractivity contribution is 7.66. The summed E-state index contributed by atoms with van der Waals surface area (Å²) in [6.07, 6.45) is 3.10. The topological polar surface area (TPSA) is 81.4 Å². The number of nitrogens with one attached hydrogen (secondary N) is 1. The first-order valence-corrected chi connectivity index (χ1v) is 12.1. The number of carbonyl (C=O) groups excluding carboxylic acids is 1. The molecule has 3 rings (SSSR count). The Morgan fingerprint density at radius 2 is 2.03 bits per heavy atom. The highest BCUT2D eigenvalue weighted by atomic mass is 32.1. The molecule has 0 fully saturated rings. The number of carbonyl (C=O) groups is 1. The maximum Gasteiger partial charge on any atom is 0.248 e. The largest absolute Gasteiger partial charge is 0.397 e. The smallest absolute Gasteiger partial charge is 0.248 e. The van der Waals surface area contributed by atoms with E-state index in [-0.39, 0.29) is 5.91 Å². The van der Waals surface area contributed by atoms with E-state index in [9.17, 15) is 9.36 Å². The number of hydrogen-bond donors (Lipinski definition) is 2. The average Bonchev–Trinajstić information content (AvgIpc) is 3.23. The summed E-state index contributed by atoms with van der Waals surface area (Å²) in [7, 11) is -2.86. The number of rotatable bonds is 7. The molecule has 0 saturated carbocycles. The van der Waals surface area contributed by atoms with Crippen LogP contribution in [0.15, 0.2) is 66.1 Å². The van der Waals surface area contributed by atoms with Gasteiger partial charge in [0.15, 0.2) is 0 Å². The summed E-state index contributed by atoms with van der Waals surface area (Å²) in [5, 5.41) is 5.44. The lowest BCUT2D eigenvalue weighted by atomic mass is 10.1. The van der Waals surface area contributed by atoms with Gasteiger partial charge in [0.05, 0.1) is 18.0 Å². The third-order valence-electron chi connectivity index (χ3n) is 4.26. The molecule has 5 nitrogen and oxygen atoms in total. The molecule has 0 aliphatic heterocycles. The number of anilines is 2. The van der Waals surface area contributed by atoms with Crippen LogP contribution in [0, 0.1) is 0 Å². The van der Waals surface area contributed by atoms with Gasteiger partial charge in [-0.3, -0.25) is 9.36 Å². The Balaban J connectivity index is 1.74. The van der Waals surface area contributed by atoms with E-state index in [0.29, 0.717) is 23.3 Å². The van der Waals surface area contributed by atoms with Crippen LogP contribution in [0.1, 0.15) is 12.5 Å². The molecule has 1 aromatic heterocycles. The molecule has 150 valence electrons. The summed E-state index contributed by atoms with van der Waals surface area (Å²) in [6, 6.07) is 16.7. The zero-order valence-corrected chi connectivity index (χ0v) is 18.0.